The molecule has 1 aliphatic heterocycles. The van der Waals surface area contributed by atoms with E-state index in [0.717, 1.165) is 31.3 Å². The Morgan fingerprint density at radius 2 is 2.28 bits per heavy atom. The molecule has 1 heterocycles. The molecule has 4 heteroatoms. The van der Waals surface area contributed by atoms with E-state index in [-0.39, 0.29) is 0 Å². The van der Waals surface area contributed by atoms with Crippen LogP contribution in [0.5, 0.6) is 0 Å². The van der Waals surface area contributed by atoms with Crippen LogP contribution in [0, 0.1) is 5.41 Å². The molecule has 1 atom stereocenters. The molecule has 18 heavy (non-hydrogen) atoms. The van der Waals surface area contributed by atoms with Crippen molar-refractivity contribution in [2.24, 2.45) is 10.4 Å². The molecule has 0 aromatic carbocycles. The molecule has 1 rings (SSSR count). The van der Waals surface area contributed by atoms with Crippen LogP contribution >= 0.6 is 11.8 Å². The predicted molar refractivity (Wildman–Crippen MR) is 83.6 cm³/mol. The first-order valence-corrected chi connectivity index (χ1v) is 8.49. The van der Waals surface area contributed by atoms with Crippen LogP contribution in [0.25, 0.3) is 0 Å². The van der Waals surface area contributed by atoms with Gasteiger partial charge in [0.2, 0.25) is 0 Å². The van der Waals surface area contributed by atoms with Crippen molar-refractivity contribution in [3.05, 3.63) is 0 Å². The first-order chi connectivity index (χ1) is 8.65. The maximum absolute atomic E-state index is 4.43. The second kappa shape index (κ2) is 7.93. The second-order valence-corrected chi connectivity index (χ2v) is 6.54. The number of piperidine rings is 1. The molecule has 0 radical (unpaired) electrons. The first-order valence-electron chi connectivity index (χ1n) is 7.10. The Morgan fingerprint density at radius 1 is 1.50 bits per heavy atom. The maximum atomic E-state index is 4.43. The minimum Gasteiger partial charge on any atom is -0.355 e. The topological polar surface area (TPSA) is 27.6 Å². The highest BCUT2D eigenvalue weighted by atomic mass is 32.2. The van der Waals surface area contributed by atoms with E-state index in [1.54, 1.807) is 0 Å². The molecule has 0 aromatic rings. The van der Waals surface area contributed by atoms with Crippen molar-refractivity contribution >= 4 is 17.7 Å². The summed E-state index contributed by atoms with van der Waals surface area (Å²) in [6.07, 6.45) is 7.40. The van der Waals surface area contributed by atoms with E-state index in [2.05, 4.69) is 35.3 Å². The standard InChI is InChI=1S/C14H29N3S/c1-5-7-14(2)8-6-10-17(12-14)13(15-3)16-9-11-18-4/h5-12H2,1-4H3,(H,15,16). The lowest BCUT2D eigenvalue weighted by Gasteiger charge is -2.42. The molecule has 0 aromatic heterocycles. The van der Waals surface area contributed by atoms with Gasteiger partial charge in [0.25, 0.3) is 0 Å². The van der Waals surface area contributed by atoms with Gasteiger partial charge < -0.3 is 10.2 Å². The zero-order chi connectivity index (χ0) is 13.4. The van der Waals surface area contributed by atoms with Gasteiger partial charge in [-0.15, -0.1) is 0 Å². The molecule has 0 bridgehead atoms. The molecule has 1 saturated heterocycles. The number of nitrogens with zero attached hydrogens (tertiary/aromatic N) is 2. The number of guanidine groups is 1. The maximum Gasteiger partial charge on any atom is 0.193 e. The number of hydrogen-bond acceptors (Lipinski definition) is 2. The van der Waals surface area contributed by atoms with Crippen LogP contribution in [0.1, 0.15) is 39.5 Å². The molecule has 106 valence electrons. The molecule has 1 aliphatic rings. The van der Waals surface area contributed by atoms with Gasteiger partial charge in [-0.05, 0) is 30.9 Å². The highest BCUT2D eigenvalue weighted by molar-refractivity contribution is 7.98. The van der Waals surface area contributed by atoms with E-state index in [4.69, 9.17) is 0 Å². The van der Waals surface area contributed by atoms with Crippen molar-refractivity contribution in [2.45, 2.75) is 39.5 Å². The summed E-state index contributed by atoms with van der Waals surface area (Å²) in [5.74, 6) is 2.23. The largest absolute Gasteiger partial charge is 0.355 e. The summed E-state index contributed by atoms with van der Waals surface area (Å²) in [5, 5.41) is 3.48. The number of thioether (sulfide) groups is 1. The normalized spacial score (nSPS) is 25.3. The average Bonchev–Trinajstić information content (AvgIpc) is 2.34. The number of rotatable bonds is 5. The SMILES string of the molecule is CCCC1(C)CCCN(C(=NC)NCCSC)C1. The molecular formula is C14H29N3S. The summed E-state index contributed by atoms with van der Waals surface area (Å²) in [7, 11) is 1.90. The van der Waals surface area contributed by atoms with E-state index in [9.17, 15) is 0 Å². The summed E-state index contributed by atoms with van der Waals surface area (Å²) < 4.78 is 0. The highest BCUT2D eigenvalue weighted by Crippen LogP contribution is 2.33. The monoisotopic (exact) mass is 271 g/mol. The van der Waals surface area contributed by atoms with E-state index >= 15 is 0 Å². The van der Waals surface area contributed by atoms with Crippen LogP contribution in [0.4, 0.5) is 0 Å². The van der Waals surface area contributed by atoms with Crippen LogP contribution in [0.15, 0.2) is 4.99 Å². The van der Waals surface area contributed by atoms with Crippen molar-refractivity contribution in [3.8, 4) is 0 Å². The van der Waals surface area contributed by atoms with Crippen molar-refractivity contribution in [2.75, 3.05) is 38.7 Å². The van der Waals surface area contributed by atoms with Crippen LogP contribution in [-0.2, 0) is 0 Å². The lowest BCUT2D eigenvalue weighted by Crippen LogP contribution is -2.50. The Labute approximate surface area is 117 Å². The van der Waals surface area contributed by atoms with Crippen LogP contribution in [0.3, 0.4) is 0 Å². The molecule has 1 fully saturated rings. The fourth-order valence-corrected chi connectivity index (χ4v) is 3.21. The molecular weight excluding hydrogens is 242 g/mol. The smallest absolute Gasteiger partial charge is 0.193 e. The van der Waals surface area contributed by atoms with Gasteiger partial charge in [0.15, 0.2) is 5.96 Å². The van der Waals surface area contributed by atoms with Gasteiger partial charge in [-0.3, -0.25) is 4.99 Å². The second-order valence-electron chi connectivity index (χ2n) is 5.55. The van der Waals surface area contributed by atoms with Crippen molar-refractivity contribution in [3.63, 3.8) is 0 Å². The Bertz CT molecular complexity index is 264. The van der Waals surface area contributed by atoms with E-state index in [1.807, 2.05) is 18.8 Å². The molecule has 1 unspecified atom stereocenters. The number of aliphatic imine (C=N–C) groups is 1. The Morgan fingerprint density at radius 3 is 2.89 bits per heavy atom. The molecule has 0 saturated carbocycles. The fraction of sp³-hybridized carbons (Fsp3) is 0.929. The fourth-order valence-electron chi connectivity index (χ4n) is 2.90. The van der Waals surface area contributed by atoms with Gasteiger partial charge in [0, 0.05) is 32.4 Å². The van der Waals surface area contributed by atoms with Gasteiger partial charge in [-0.1, -0.05) is 20.3 Å². The quantitative estimate of drug-likeness (QED) is 0.473. The minimum atomic E-state index is 0.476. The third-order valence-electron chi connectivity index (χ3n) is 3.74. The predicted octanol–water partition coefficient (Wildman–Crippen LogP) is 2.83. The van der Waals surface area contributed by atoms with Crippen LogP contribution in [0.2, 0.25) is 0 Å². The number of likely N-dealkylation sites (tertiary alicyclic amines) is 1. The first kappa shape index (κ1) is 15.7. The summed E-state index contributed by atoms with van der Waals surface area (Å²) in [6.45, 7) is 8.03. The van der Waals surface area contributed by atoms with Gasteiger partial charge in [0.05, 0.1) is 0 Å². The highest BCUT2D eigenvalue weighted by Gasteiger charge is 2.31. The Kier molecular flexibility index (Phi) is 6.90. The minimum absolute atomic E-state index is 0.476. The summed E-state index contributed by atoms with van der Waals surface area (Å²) in [6, 6.07) is 0. The van der Waals surface area contributed by atoms with Gasteiger partial charge in [-0.2, -0.15) is 11.8 Å². The van der Waals surface area contributed by atoms with Crippen molar-refractivity contribution < 1.29 is 0 Å². The molecule has 0 aliphatic carbocycles. The van der Waals surface area contributed by atoms with Crippen LogP contribution in [-0.4, -0.2) is 49.6 Å². The molecule has 0 spiro atoms. The van der Waals surface area contributed by atoms with Gasteiger partial charge in [0.1, 0.15) is 0 Å². The summed E-state index contributed by atoms with van der Waals surface area (Å²) in [4.78, 5) is 6.88. The average molecular weight is 271 g/mol. The van der Waals surface area contributed by atoms with Gasteiger partial charge >= 0.3 is 0 Å². The van der Waals surface area contributed by atoms with Crippen molar-refractivity contribution in [1.29, 1.82) is 0 Å². The molecule has 1 N–H and O–H groups in total. The molecule has 3 nitrogen and oxygen atoms in total. The lowest BCUT2D eigenvalue weighted by molar-refractivity contribution is 0.143. The zero-order valence-corrected chi connectivity index (χ0v) is 13.3. The number of hydrogen-bond donors (Lipinski definition) is 1. The Balaban J connectivity index is 2.53. The summed E-state index contributed by atoms with van der Waals surface area (Å²) >= 11 is 1.87. The zero-order valence-electron chi connectivity index (χ0n) is 12.5. The Hall–Kier alpha value is -0.380. The van der Waals surface area contributed by atoms with E-state index < -0.39 is 0 Å². The number of nitrogens with one attached hydrogen (secondary N) is 1. The lowest BCUT2D eigenvalue weighted by atomic mass is 9.78. The third-order valence-corrected chi connectivity index (χ3v) is 4.35. The molecule has 0 amide bonds. The third kappa shape index (κ3) is 4.71. The van der Waals surface area contributed by atoms with E-state index in [1.165, 1.54) is 25.7 Å². The summed E-state index contributed by atoms with van der Waals surface area (Å²) in [5.41, 5.74) is 0.476. The van der Waals surface area contributed by atoms with Crippen LogP contribution < -0.4 is 5.32 Å². The van der Waals surface area contributed by atoms with Gasteiger partial charge in [-0.25, -0.2) is 0 Å². The van der Waals surface area contributed by atoms with E-state index in [0.29, 0.717) is 5.41 Å². The van der Waals surface area contributed by atoms with Crippen molar-refractivity contribution in [1.82, 2.24) is 10.2 Å².